The molecule has 0 aliphatic rings. The SMILES string of the molecule is CCCC(=O)c1cc2cc(OCc3ccccc3)ccc2n1C. The van der Waals surface area contributed by atoms with Crippen LogP contribution < -0.4 is 4.74 Å². The number of ether oxygens (including phenoxy) is 1. The average molecular weight is 307 g/mol. The number of carbonyl (C=O) groups is 1. The van der Waals surface area contributed by atoms with Gasteiger partial charge in [-0.05, 0) is 36.2 Å². The Morgan fingerprint density at radius 2 is 1.87 bits per heavy atom. The number of Topliss-reactive ketones (excluding diaryl/α,β-unsaturated/α-hetero) is 1. The van der Waals surface area contributed by atoms with Crippen LogP contribution in [-0.4, -0.2) is 10.4 Å². The first-order valence-electron chi connectivity index (χ1n) is 7.98. The maximum Gasteiger partial charge on any atom is 0.179 e. The van der Waals surface area contributed by atoms with Gasteiger partial charge >= 0.3 is 0 Å². The van der Waals surface area contributed by atoms with Crippen molar-refractivity contribution < 1.29 is 9.53 Å². The Morgan fingerprint density at radius 3 is 2.61 bits per heavy atom. The fourth-order valence-corrected chi connectivity index (χ4v) is 2.78. The van der Waals surface area contributed by atoms with E-state index in [2.05, 4.69) is 0 Å². The summed E-state index contributed by atoms with van der Waals surface area (Å²) in [7, 11) is 1.94. The van der Waals surface area contributed by atoms with E-state index in [4.69, 9.17) is 4.74 Å². The van der Waals surface area contributed by atoms with Crippen molar-refractivity contribution >= 4 is 16.7 Å². The largest absolute Gasteiger partial charge is 0.489 e. The van der Waals surface area contributed by atoms with Crippen molar-refractivity contribution in [2.24, 2.45) is 7.05 Å². The minimum Gasteiger partial charge on any atom is -0.489 e. The smallest absolute Gasteiger partial charge is 0.179 e. The van der Waals surface area contributed by atoms with Crippen LogP contribution in [0.1, 0.15) is 35.8 Å². The minimum absolute atomic E-state index is 0.193. The molecule has 1 heterocycles. The van der Waals surface area contributed by atoms with E-state index < -0.39 is 0 Å². The first-order valence-corrected chi connectivity index (χ1v) is 7.98. The number of hydrogen-bond donors (Lipinski definition) is 0. The number of ketones is 1. The molecule has 0 aliphatic heterocycles. The van der Waals surface area contributed by atoms with Crippen molar-refractivity contribution in [3.63, 3.8) is 0 Å². The van der Waals surface area contributed by atoms with Gasteiger partial charge in [-0.25, -0.2) is 0 Å². The van der Waals surface area contributed by atoms with Gasteiger partial charge in [-0.15, -0.1) is 0 Å². The van der Waals surface area contributed by atoms with Crippen molar-refractivity contribution in [3.8, 4) is 5.75 Å². The molecule has 0 spiro atoms. The molecule has 0 radical (unpaired) electrons. The normalized spacial score (nSPS) is 10.9. The van der Waals surface area contributed by atoms with E-state index in [9.17, 15) is 4.79 Å². The van der Waals surface area contributed by atoms with E-state index in [0.29, 0.717) is 13.0 Å². The van der Waals surface area contributed by atoms with Crippen molar-refractivity contribution in [2.75, 3.05) is 0 Å². The third kappa shape index (κ3) is 3.29. The molecule has 0 aliphatic carbocycles. The number of aromatic nitrogens is 1. The van der Waals surface area contributed by atoms with Crippen LogP contribution in [0.3, 0.4) is 0 Å². The van der Waals surface area contributed by atoms with Gasteiger partial charge in [0.2, 0.25) is 0 Å². The molecule has 0 saturated heterocycles. The van der Waals surface area contributed by atoms with Gasteiger partial charge < -0.3 is 9.30 Å². The Balaban J connectivity index is 1.83. The summed E-state index contributed by atoms with van der Waals surface area (Å²) in [5.74, 6) is 1.01. The van der Waals surface area contributed by atoms with Crippen LogP contribution in [0, 0.1) is 0 Å². The summed E-state index contributed by atoms with van der Waals surface area (Å²) < 4.78 is 7.83. The molecule has 23 heavy (non-hydrogen) atoms. The van der Waals surface area contributed by atoms with E-state index in [-0.39, 0.29) is 5.78 Å². The summed E-state index contributed by atoms with van der Waals surface area (Å²) in [6.45, 7) is 2.57. The zero-order chi connectivity index (χ0) is 16.2. The van der Waals surface area contributed by atoms with E-state index in [0.717, 1.165) is 34.3 Å². The summed E-state index contributed by atoms with van der Waals surface area (Å²) in [5.41, 5.74) is 2.96. The zero-order valence-corrected chi connectivity index (χ0v) is 13.6. The monoisotopic (exact) mass is 307 g/mol. The third-order valence-electron chi connectivity index (χ3n) is 4.03. The highest BCUT2D eigenvalue weighted by atomic mass is 16.5. The molecule has 118 valence electrons. The van der Waals surface area contributed by atoms with E-state index in [1.807, 2.05) is 73.1 Å². The maximum atomic E-state index is 12.2. The van der Waals surface area contributed by atoms with Crippen molar-refractivity contribution in [1.82, 2.24) is 4.57 Å². The van der Waals surface area contributed by atoms with E-state index in [1.165, 1.54) is 0 Å². The Morgan fingerprint density at radius 1 is 1.09 bits per heavy atom. The second-order valence-corrected chi connectivity index (χ2v) is 5.76. The number of nitrogens with zero attached hydrogens (tertiary/aromatic N) is 1. The molecule has 3 heteroatoms. The van der Waals surface area contributed by atoms with Crippen LogP contribution in [0.2, 0.25) is 0 Å². The molecule has 0 amide bonds. The molecular formula is C20H21NO2. The van der Waals surface area contributed by atoms with Gasteiger partial charge in [0, 0.05) is 24.4 Å². The van der Waals surface area contributed by atoms with Gasteiger partial charge in [0.25, 0.3) is 0 Å². The predicted octanol–water partition coefficient (Wildman–Crippen LogP) is 4.74. The van der Waals surface area contributed by atoms with Crippen LogP contribution in [0.5, 0.6) is 5.75 Å². The van der Waals surface area contributed by atoms with Crippen LogP contribution in [-0.2, 0) is 13.7 Å². The average Bonchev–Trinajstić information content (AvgIpc) is 2.91. The van der Waals surface area contributed by atoms with Crippen LogP contribution >= 0.6 is 0 Å². The summed E-state index contributed by atoms with van der Waals surface area (Å²) in [5, 5.41) is 1.04. The van der Waals surface area contributed by atoms with Gasteiger partial charge in [-0.1, -0.05) is 37.3 Å². The van der Waals surface area contributed by atoms with Gasteiger partial charge in [0.1, 0.15) is 12.4 Å². The number of rotatable bonds is 6. The highest BCUT2D eigenvalue weighted by Crippen LogP contribution is 2.25. The molecule has 3 rings (SSSR count). The fraction of sp³-hybridized carbons (Fsp3) is 0.250. The lowest BCUT2D eigenvalue weighted by Crippen LogP contribution is -2.04. The Kier molecular flexibility index (Phi) is 4.47. The lowest BCUT2D eigenvalue weighted by atomic mass is 10.1. The predicted molar refractivity (Wildman–Crippen MR) is 92.9 cm³/mol. The Bertz CT molecular complexity index is 818. The van der Waals surface area contributed by atoms with Crippen LogP contribution in [0.25, 0.3) is 10.9 Å². The van der Waals surface area contributed by atoms with Gasteiger partial charge in [-0.3, -0.25) is 4.79 Å². The topological polar surface area (TPSA) is 31.2 Å². The number of fused-ring (bicyclic) bond motifs is 1. The van der Waals surface area contributed by atoms with Crippen molar-refractivity contribution in [2.45, 2.75) is 26.4 Å². The number of aryl methyl sites for hydroxylation is 1. The lowest BCUT2D eigenvalue weighted by Gasteiger charge is -2.07. The first kappa shape index (κ1) is 15.3. The standard InChI is InChI=1S/C20H21NO2/c1-3-7-20(22)19-13-16-12-17(10-11-18(16)21(19)2)23-14-15-8-5-4-6-9-15/h4-6,8-13H,3,7,14H2,1-2H3. The Labute approximate surface area is 136 Å². The molecule has 0 atom stereocenters. The number of hydrogen-bond acceptors (Lipinski definition) is 2. The summed E-state index contributed by atoms with van der Waals surface area (Å²) in [4.78, 5) is 12.2. The molecule has 3 nitrogen and oxygen atoms in total. The molecule has 0 saturated carbocycles. The van der Waals surface area contributed by atoms with Crippen LogP contribution in [0.4, 0.5) is 0 Å². The van der Waals surface area contributed by atoms with E-state index in [1.54, 1.807) is 0 Å². The first-order chi connectivity index (χ1) is 11.2. The van der Waals surface area contributed by atoms with Crippen molar-refractivity contribution in [1.29, 1.82) is 0 Å². The number of benzene rings is 2. The quantitative estimate of drug-likeness (QED) is 0.616. The molecule has 3 aromatic rings. The number of carbonyl (C=O) groups excluding carboxylic acids is 1. The molecule has 0 bridgehead atoms. The third-order valence-corrected chi connectivity index (χ3v) is 4.03. The molecule has 0 N–H and O–H groups in total. The second kappa shape index (κ2) is 6.69. The highest BCUT2D eigenvalue weighted by Gasteiger charge is 2.13. The summed E-state index contributed by atoms with van der Waals surface area (Å²) in [6, 6.07) is 18.0. The fourth-order valence-electron chi connectivity index (χ4n) is 2.78. The molecule has 1 aromatic heterocycles. The lowest BCUT2D eigenvalue weighted by molar-refractivity contribution is 0.0974. The van der Waals surface area contributed by atoms with Gasteiger partial charge in [0.15, 0.2) is 5.78 Å². The van der Waals surface area contributed by atoms with Gasteiger partial charge in [0.05, 0.1) is 5.69 Å². The van der Waals surface area contributed by atoms with Crippen molar-refractivity contribution in [3.05, 3.63) is 65.9 Å². The highest BCUT2D eigenvalue weighted by molar-refractivity contribution is 6.00. The van der Waals surface area contributed by atoms with E-state index >= 15 is 0 Å². The molecule has 2 aromatic carbocycles. The second-order valence-electron chi connectivity index (χ2n) is 5.76. The summed E-state index contributed by atoms with van der Waals surface area (Å²) in [6.07, 6.45) is 1.45. The van der Waals surface area contributed by atoms with Crippen LogP contribution in [0.15, 0.2) is 54.6 Å². The van der Waals surface area contributed by atoms with Gasteiger partial charge in [-0.2, -0.15) is 0 Å². The Hall–Kier alpha value is -2.55. The molecular weight excluding hydrogens is 286 g/mol. The zero-order valence-electron chi connectivity index (χ0n) is 13.6. The molecule has 0 fully saturated rings. The minimum atomic E-state index is 0.193. The summed E-state index contributed by atoms with van der Waals surface area (Å²) >= 11 is 0. The molecule has 0 unspecified atom stereocenters. The maximum absolute atomic E-state index is 12.2.